The van der Waals surface area contributed by atoms with Crippen molar-refractivity contribution in [3.63, 3.8) is 0 Å². The van der Waals surface area contributed by atoms with Gasteiger partial charge in [0.05, 0.1) is 12.5 Å². The Bertz CT molecular complexity index is 292. The van der Waals surface area contributed by atoms with Gasteiger partial charge in [-0.2, -0.15) is 0 Å². The largest absolute Gasteiger partial charge is 0.468 e. The van der Waals surface area contributed by atoms with Crippen LogP contribution in [0.1, 0.15) is 12.8 Å². The van der Waals surface area contributed by atoms with Gasteiger partial charge in [-0.05, 0) is 18.8 Å². The highest BCUT2D eigenvalue weighted by Gasteiger charge is 2.64. The second-order valence-electron chi connectivity index (χ2n) is 4.10. The van der Waals surface area contributed by atoms with Gasteiger partial charge in [-0.25, -0.2) is 0 Å². The van der Waals surface area contributed by atoms with E-state index in [2.05, 4.69) is 10.1 Å². The van der Waals surface area contributed by atoms with Crippen LogP contribution >= 0.6 is 0 Å². The molecule has 1 saturated heterocycles. The molecule has 14 heavy (non-hydrogen) atoms. The van der Waals surface area contributed by atoms with E-state index in [-0.39, 0.29) is 11.3 Å². The molecule has 0 aromatic carbocycles. The van der Waals surface area contributed by atoms with Crippen molar-refractivity contribution in [2.45, 2.75) is 18.9 Å². The molecule has 2 rings (SSSR count). The van der Waals surface area contributed by atoms with Crippen molar-refractivity contribution in [1.82, 2.24) is 5.32 Å². The Labute approximate surface area is 82.0 Å². The third kappa shape index (κ3) is 1.19. The first-order valence-corrected chi connectivity index (χ1v) is 4.72. The standard InChI is InChI=1S/C9H14N2O3/c1-14-7(12)6(10)3-9-2-5(9)4-11-8(9)13/h5-6H,2-4,10H2,1H3,(H,11,13)/t5?,6-,9+/m0/s1. The first-order chi connectivity index (χ1) is 6.60. The maximum atomic E-state index is 11.5. The van der Waals surface area contributed by atoms with Crippen molar-refractivity contribution < 1.29 is 14.3 Å². The minimum absolute atomic E-state index is 0.0434. The van der Waals surface area contributed by atoms with Crippen LogP contribution in [0.15, 0.2) is 0 Å². The highest BCUT2D eigenvalue weighted by Crippen LogP contribution is 2.58. The summed E-state index contributed by atoms with van der Waals surface area (Å²) in [5.74, 6) is -0.0164. The zero-order valence-electron chi connectivity index (χ0n) is 8.08. The van der Waals surface area contributed by atoms with E-state index in [1.807, 2.05) is 0 Å². The van der Waals surface area contributed by atoms with Crippen molar-refractivity contribution in [2.24, 2.45) is 17.1 Å². The molecule has 0 aromatic heterocycles. The molecule has 0 bridgehead atoms. The smallest absolute Gasteiger partial charge is 0.322 e. The molecule has 0 radical (unpaired) electrons. The maximum absolute atomic E-state index is 11.5. The molecule has 5 nitrogen and oxygen atoms in total. The molecule has 1 amide bonds. The summed E-state index contributed by atoms with van der Waals surface area (Å²) in [5.41, 5.74) is 5.27. The van der Waals surface area contributed by atoms with Gasteiger partial charge in [0, 0.05) is 6.54 Å². The van der Waals surface area contributed by atoms with Gasteiger partial charge in [-0.3, -0.25) is 9.59 Å². The third-order valence-corrected chi connectivity index (χ3v) is 3.28. The summed E-state index contributed by atoms with van der Waals surface area (Å²) in [6.07, 6.45) is 1.28. The van der Waals surface area contributed by atoms with Crippen LogP contribution in [0.2, 0.25) is 0 Å². The Morgan fingerprint density at radius 3 is 3.00 bits per heavy atom. The lowest BCUT2D eigenvalue weighted by molar-refractivity contribution is -0.142. The van der Waals surface area contributed by atoms with Gasteiger partial charge in [0.1, 0.15) is 6.04 Å². The van der Waals surface area contributed by atoms with Gasteiger partial charge >= 0.3 is 5.97 Å². The van der Waals surface area contributed by atoms with E-state index in [4.69, 9.17) is 5.73 Å². The summed E-state index contributed by atoms with van der Waals surface area (Å²) < 4.78 is 4.53. The Morgan fingerprint density at radius 2 is 2.57 bits per heavy atom. The van der Waals surface area contributed by atoms with Crippen LogP contribution in [0.4, 0.5) is 0 Å². The number of hydrogen-bond acceptors (Lipinski definition) is 4. The molecule has 3 atom stereocenters. The monoisotopic (exact) mass is 198 g/mol. The van der Waals surface area contributed by atoms with E-state index in [0.29, 0.717) is 12.3 Å². The number of carbonyl (C=O) groups is 2. The number of nitrogens with one attached hydrogen (secondary N) is 1. The molecule has 1 aliphatic heterocycles. The molecule has 1 aliphatic carbocycles. The van der Waals surface area contributed by atoms with Crippen LogP contribution < -0.4 is 11.1 Å². The Hall–Kier alpha value is -1.10. The molecule has 3 N–H and O–H groups in total. The van der Waals surface area contributed by atoms with E-state index < -0.39 is 12.0 Å². The number of carbonyl (C=O) groups excluding carboxylic acids is 2. The number of fused-ring (bicyclic) bond motifs is 1. The summed E-state index contributed by atoms with van der Waals surface area (Å²) in [6, 6.07) is -0.672. The lowest BCUT2D eigenvalue weighted by atomic mass is 9.96. The van der Waals surface area contributed by atoms with Gasteiger partial charge in [-0.1, -0.05) is 0 Å². The maximum Gasteiger partial charge on any atom is 0.322 e. The highest BCUT2D eigenvalue weighted by atomic mass is 16.5. The predicted molar refractivity (Wildman–Crippen MR) is 48.2 cm³/mol. The Balaban J connectivity index is 1.98. The van der Waals surface area contributed by atoms with Gasteiger partial charge in [0.15, 0.2) is 0 Å². The molecule has 1 unspecified atom stereocenters. The van der Waals surface area contributed by atoms with Crippen LogP contribution in [0.25, 0.3) is 0 Å². The number of hydrogen-bond donors (Lipinski definition) is 2. The predicted octanol–water partition coefficient (Wildman–Crippen LogP) is -0.987. The highest BCUT2D eigenvalue weighted by molar-refractivity contribution is 5.90. The summed E-state index contributed by atoms with van der Waals surface area (Å²) in [4.78, 5) is 22.6. The molecule has 0 spiro atoms. The van der Waals surface area contributed by atoms with Crippen molar-refractivity contribution in [2.75, 3.05) is 13.7 Å². The summed E-state index contributed by atoms with van der Waals surface area (Å²) in [6.45, 7) is 0.729. The molecule has 78 valence electrons. The van der Waals surface area contributed by atoms with Gasteiger partial charge < -0.3 is 15.8 Å². The Morgan fingerprint density at radius 1 is 1.86 bits per heavy atom. The fraction of sp³-hybridized carbons (Fsp3) is 0.778. The zero-order valence-corrected chi connectivity index (χ0v) is 8.08. The van der Waals surface area contributed by atoms with E-state index in [1.54, 1.807) is 0 Å². The van der Waals surface area contributed by atoms with E-state index in [1.165, 1.54) is 7.11 Å². The third-order valence-electron chi connectivity index (χ3n) is 3.28. The average Bonchev–Trinajstić information content (AvgIpc) is 2.80. The zero-order chi connectivity index (χ0) is 10.3. The van der Waals surface area contributed by atoms with Crippen molar-refractivity contribution in [3.05, 3.63) is 0 Å². The second kappa shape index (κ2) is 2.95. The normalized spacial score (nSPS) is 35.9. The number of amides is 1. The molecular formula is C9H14N2O3. The van der Waals surface area contributed by atoms with Gasteiger partial charge in [-0.15, -0.1) is 0 Å². The second-order valence-corrected chi connectivity index (χ2v) is 4.10. The number of piperidine rings is 1. The SMILES string of the molecule is COC(=O)[C@@H](N)C[C@]12CC1CNC2=O. The molecular weight excluding hydrogens is 184 g/mol. The number of nitrogens with two attached hydrogens (primary N) is 1. The minimum Gasteiger partial charge on any atom is -0.468 e. The molecule has 2 fully saturated rings. The number of methoxy groups -OCH3 is 1. The first-order valence-electron chi connectivity index (χ1n) is 4.72. The number of esters is 1. The fourth-order valence-corrected chi connectivity index (χ4v) is 2.29. The minimum atomic E-state index is -0.672. The van der Waals surface area contributed by atoms with Crippen LogP contribution in [0.5, 0.6) is 0 Å². The molecule has 1 heterocycles. The summed E-state index contributed by atoms with van der Waals surface area (Å²) >= 11 is 0. The molecule has 0 aromatic rings. The van der Waals surface area contributed by atoms with E-state index in [9.17, 15) is 9.59 Å². The van der Waals surface area contributed by atoms with Gasteiger partial charge in [0.2, 0.25) is 5.91 Å². The van der Waals surface area contributed by atoms with Crippen molar-refractivity contribution in [3.8, 4) is 0 Å². The average molecular weight is 198 g/mol. The number of ether oxygens (including phenoxy) is 1. The van der Waals surface area contributed by atoms with Gasteiger partial charge in [0.25, 0.3) is 0 Å². The first kappa shape index (κ1) is 9.45. The Kier molecular flexibility index (Phi) is 1.99. The quantitative estimate of drug-likeness (QED) is 0.571. The van der Waals surface area contributed by atoms with Crippen LogP contribution in [0, 0.1) is 11.3 Å². The fourth-order valence-electron chi connectivity index (χ4n) is 2.29. The molecule has 5 heteroatoms. The summed E-state index contributed by atoms with van der Waals surface area (Å²) in [7, 11) is 1.30. The van der Waals surface area contributed by atoms with E-state index in [0.717, 1.165) is 13.0 Å². The van der Waals surface area contributed by atoms with Crippen molar-refractivity contribution in [1.29, 1.82) is 0 Å². The lowest BCUT2D eigenvalue weighted by Crippen LogP contribution is -2.37. The lowest BCUT2D eigenvalue weighted by Gasteiger charge is -2.14. The molecule has 2 aliphatic rings. The van der Waals surface area contributed by atoms with Crippen LogP contribution in [-0.2, 0) is 14.3 Å². The van der Waals surface area contributed by atoms with Crippen molar-refractivity contribution >= 4 is 11.9 Å². The number of rotatable bonds is 3. The van der Waals surface area contributed by atoms with E-state index >= 15 is 0 Å². The topological polar surface area (TPSA) is 81.4 Å². The summed E-state index contributed by atoms with van der Waals surface area (Å²) in [5, 5.41) is 2.78. The molecule has 1 saturated carbocycles. The van der Waals surface area contributed by atoms with Crippen LogP contribution in [-0.4, -0.2) is 31.6 Å². The van der Waals surface area contributed by atoms with Crippen LogP contribution in [0.3, 0.4) is 0 Å².